The molecule has 0 unspecified atom stereocenters. The maximum Gasteiger partial charge on any atom is 0.240 e. The summed E-state index contributed by atoms with van der Waals surface area (Å²) in [5.74, 6) is -0.407. The van der Waals surface area contributed by atoms with Crippen molar-refractivity contribution in [2.75, 3.05) is 31.6 Å². The number of nitrogens with one attached hydrogen (secondary N) is 1. The Kier molecular flexibility index (Phi) is 4.14. The molecule has 5 nitrogen and oxygen atoms in total. The summed E-state index contributed by atoms with van der Waals surface area (Å²) in [7, 11) is 0. The maximum absolute atomic E-state index is 13.1. The van der Waals surface area contributed by atoms with Crippen LogP contribution in [0.25, 0.3) is 10.2 Å². The summed E-state index contributed by atoms with van der Waals surface area (Å²) >= 11 is 1.28. The SMILES string of the molecule is C[C@@H]1CN(CC(=O)Nc2nc3ccc(F)cc3s2)CCO1. The Bertz CT molecular complexity index is 661. The number of hydrogen-bond acceptors (Lipinski definition) is 5. The highest BCUT2D eigenvalue weighted by Crippen LogP contribution is 2.26. The molecule has 1 aliphatic heterocycles. The van der Waals surface area contributed by atoms with Crippen molar-refractivity contribution in [1.29, 1.82) is 0 Å². The van der Waals surface area contributed by atoms with Crippen LogP contribution in [0.15, 0.2) is 18.2 Å². The third kappa shape index (κ3) is 3.55. The average molecular weight is 309 g/mol. The van der Waals surface area contributed by atoms with Crippen LogP contribution in [0.1, 0.15) is 6.92 Å². The number of hydrogen-bond donors (Lipinski definition) is 1. The van der Waals surface area contributed by atoms with Crippen molar-refractivity contribution >= 4 is 32.6 Å². The van der Waals surface area contributed by atoms with Crippen LogP contribution in [0.5, 0.6) is 0 Å². The van der Waals surface area contributed by atoms with Crippen LogP contribution in [0.3, 0.4) is 0 Å². The molecule has 2 heterocycles. The van der Waals surface area contributed by atoms with Gasteiger partial charge in [-0.1, -0.05) is 11.3 Å². The number of thiazole rings is 1. The minimum Gasteiger partial charge on any atom is -0.376 e. The van der Waals surface area contributed by atoms with Crippen molar-refractivity contribution in [3.63, 3.8) is 0 Å². The number of benzene rings is 1. The largest absolute Gasteiger partial charge is 0.376 e. The molecule has 0 aliphatic carbocycles. The number of aromatic nitrogens is 1. The van der Waals surface area contributed by atoms with E-state index in [0.29, 0.717) is 23.8 Å². The van der Waals surface area contributed by atoms with Gasteiger partial charge in [0.15, 0.2) is 5.13 Å². The minimum atomic E-state index is -0.300. The van der Waals surface area contributed by atoms with Gasteiger partial charge in [-0.15, -0.1) is 0 Å². The molecule has 0 bridgehead atoms. The zero-order valence-corrected chi connectivity index (χ0v) is 12.5. The molecule has 0 spiro atoms. The van der Waals surface area contributed by atoms with E-state index in [2.05, 4.69) is 15.2 Å². The third-order valence-corrected chi connectivity index (χ3v) is 4.22. The van der Waals surface area contributed by atoms with Gasteiger partial charge in [0, 0.05) is 13.1 Å². The normalized spacial score (nSPS) is 19.8. The van der Waals surface area contributed by atoms with E-state index >= 15 is 0 Å². The van der Waals surface area contributed by atoms with Gasteiger partial charge in [-0.25, -0.2) is 9.37 Å². The molecule has 0 radical (unpaired) electrons. The number of halogens is 1. The van der Waals surface area contributed by atoms with E-state index < -0.39 is 0 Å². The predicted molar refractivity (Wildman–Crippen MR) is 80.1 cm³/mol. The number of carbonyl (C=O) groups excluding carboxylic acids is 1. The highest BCUT2D eigenvalue weighted by atomic mass is 32.1. The van der Waals surface area contributed by atoms with Crippen LogP contribution in [0, 0.1) is 5.82 Å². The summed E-state index contributed by atoms with van der Waals surface area (Å²) < 4.78 is 19.3. The van der Waals surface area contributed by atoms with Gasteiger partial charge in [-0.2, -0.15) is 0 Å². The van der Waals surface area contributed by atoms with Crippen molar-refractivity contribution < 1.29 is 13.9 Å². The fourth-order valence-corrected chi connectivity index (χ4v) is 3.25. The molecule has 112 valence electrons. The number of carbonyl (C=O) groups is 1. The van der Waals surface area contributed by atoms with Crippen molar-refractivity contribution in [2.24, 2.45) is 0 Å². The number of morpholine rings is 1. The van der Waals surface area contributed by atoms with E-state index in [0.717, 1.165) is 17.8 Å². The summed E-state index contributed by atoms with van der Waals surface area (Å²) in [5.41, 5.74) is 0.691. The molecule has 1 fully saturated rings. The maximum atomic E-state index is 13.1. The molecule has 1 aromatic heterocycles. The van der Waals surface area contributed by atoms with Gasteiger partial charge in [0.2, 0.25) is 5.91 Å². The summed E-state index contributed by atoms with van der Waals surface area (Å²) in [5, 5.41) is 3.28. The number of anilines is 1. The Morgan fingerprint density at radius 2 is 2.48 bits per heavy atom. The van der Waals surface area contributed by atoms with Crippen molar-refractivity contribution in [2.45, 2.75) is 13.0 Å². The van der Waals surface area contributed by atoms with E-state index in [4.69, 9.17) is 4.74 Å². The Hall–Kier alpha value is -1.57. The number of ether oxygens (including phenoxy) is 1. The first-order valence-electron chi connectivity index (χ1n) is 6.80. The van der Waals surface area contributed by atoms with Crippen LogP contribution < -0.4 is 5.32 Å². The van der Waals surface area contributed by atoms with E-state index in [9.17, 15) is 9.18 Å². The van der Waals surface area contributed by atoms with Crippen LogP contribution in [-0.4, -0.2) is 48.1 Å². The molecule has 21 heavy (non-hydrogen) atoms. The third-order valence-electron chi connectivity index (χ3n) is 3.29. The molecule has 1 amide bonds. The molecule has 7 heteroatoms. The molecule has 1 atom stereocenters. The Morgan fingerprint density at radius 3 is 3.29 bits per heavy atom. The zero-order chi connectivity index (χ0) is 14.8. The number of rotatable bonds is 3. The fourth-order valence-electron chi connectivity index (χ4n) is 2.35. The standard InChI is InChI=1S/C14H16FN3O2S/c1-9-7-18(4-5-20-9)8-13(19)17-14-16-11-3-2-10(15)6-12(11)21-14/h2-3,6,9H,4-5,7-8H2,1H3,(H,16,17,19)/t9-/m1/s1. The van der Waals surface area contributed by atoms with Crippen LogP contribution in [0.2, 0.25) is 0 Å². The van der Waals surface area contributed by atoms with Gasteiger partial charge < -0.3 is 10.1 Å². The van der Waals surface area contributed by atoms with Crippen LogP contribution in [-0.2, 0) is 9.53 Å². The lowest BCUT2D eigenvalue weighted by Gasteiger charge is -2.30. The Morgan fingerprint density at radius 1 is 1.62 bits per heavy atom. The van der Waals surface area contributed by atoms with E-state index in [1.807, 2.05) is 6.92 Å². The van der Waals surface area contributed by atoms with Crippen LogP contribution >= 0.6 is 11.3 Å². The first kappa shape index (κ1) is 14.4. The molecule has 1 N–H and O–H groups in total. The molecular weight excluding hydrogens is 293 g/mol. The lowest BCUT2D eigenvalue weighted by Crippen LogP contribution is -2.44. The summed E-state index contributed by atoms with van der Waals surface area (Å²) in [4.78, 5) is 18.4. The summed E-state index contributed by atoms with van der Waals surface area (Å²) in [6.45, 7) is 4.46. The molecular formula is C14H16FN3O2S. The summed E-state index contributed by atoms with van der Waals surface area (Å²) in [6, 6.07) is 4.40. The second-order valence-corrected chi connectivity index (χ2v) is 6.13. The van der Waals surface area contributed by atoms with Gasteiger partial charge in [-0.05, 0) is 25.1 Å². The van der Waals surface area contributed by atoms with Crippen molar-refractivity contribution in [3.8, 4) is 0 Å². The van der Waals surface area contributed by atoms with Crippen molar-refractivity contribution in [1.82, 2.24) is 9.88 Å². The van der Waals surface area contributed by atoms with E-state index in [1.165, 1.54) is 23.5 Å². The minimum absolute atomic E-state index is 0.108. The molecule has 2 aromatic rings. The van der Waals surface area contributed by atoms with Crippen LogP contribution in [0.4, 0.5) is 9.52 Å². The molecule has 1 aliphatic rings. The number of amides is 1. The Balaban J connectivity index is 1.63. The van der Waals surface area contributed by atoms with Gasteiger partial charge in [-0.3, -0.25) is 9.69 Å². The first-order chi connectivity index (χ1) is 10.1. The van der Waals surface area contributed by atoms with Crippen molar-refractivity contribution in [3.05, 3.63) is 24.0 Å². The highest BCUT2D eigenvalue weighted by molar-refractivity contribution is 7.22. The molecule has 0 saturated carbocycles. The second kappa shape index (κ2) is 6.05. The lowest BCUT2D eigenvalue weighted by atomic mass is 10.3. The quantitative estimate of drug-likeness (QED) is 0.943. The number of nitrogens with zero attached hydrogens (tertiary/aromatic N) is 2. The topological polar surface area (TPSA) is 54.5 Å². The van der Waals surface area contributed by atoms with Gasteiger partial charge in [0.05, 0.1) is 29.5 Å². The Labute approximate surface area is 125 Å². The highest BCUT2D eigenvalue weighted by Gasteiger charge is 2.19. The zero-order valence-electron chi connectivity index (χ0n) is 11.6. The predicted octanol–water partition coefficient (Wildman–Crippen LogP) is 2.09. The summed E-state index contributed by atoms with van der Waals surface area (Å²) in [6.07, 6.45) is 0.150. The van der Waals surface area contributed by atoms with E-state index in [1.54, 1.807) is 6.07 Å². The number of fused-ring (bicyclic) bond motifs is 1. The monoisotopic (exact) mass is 309 g/mol. The average Bonchev–Trinajstić information content (AvgIpc) is 2.79. The van der Waals surface area contributed by atoms with Gasteiger partial charge in [0.25, 0.3) is 0 Å². The van der Waals surface area contributed by atoms with Gasteiger partial charge in [0.1, 0.15) is 5.82 Å². The molecule has 1 aromatic carbocycles. The smallest absolute Gasteiger partial charge is 0.240 e. The van der Waals surface area contributed by atoms with E-state index in [-0.39, 0.29) is 17.8 Å². The first-order valence-corrected chi connectivity index (χ1v) is 7.62. The molecule has 1 saturated heterocycles. The fraction of sp³-hybridized carbons (Fsp3) is 0.429. The second-order valence-electron chi connectivity index (χ2n) is 5.10. The van der Waals surface area contributed by atoms with Gasteiger partial charge >= 0.3 is 0 Å². The lowest BCUT2D eigenvalue weighted by molar-refractivity contribution is -0.119. The molecule has 3 rings (SSSR count).